The number of rotatable bonds is 6. The number of hydrogen-bond donors (Lipinski definition) is 0. The Labute approximate surface area is 470 Å². The minimum atomic E-state index is -0.0529. The summed E-state index contributed by atoms with van der Waals surface area (Å²) in [7, 11) is 0. The van der Waals surface area contributed by atoms with Crippen LogP contribution in [0.3, 0.4) is 0 Å². The first kappa shape index (κ1) is 50.1. The molecule has 0 bridgehead atoms. The Morgan fingerprint density at radius 1 is 0.372 bits per heavy atom. The Kier molecular flexibility index (Phi) is 11.6. The summed E-state index contributed by atoms with van der Waals surface area (Å²) in [6.45, 7) is 27.7. The molecule has 0 unspecified atom stereocenters. The molecule has 6 heteroatoms. The van der Waals surface area contributed by atoms with Crippen LogP contribution in [0.1, 0.15) is 105 Å². The van der Waals surface area contributed by atoms with Crippen LogP contribution >= 0.6 is 22.7 Å². The summed E-state index contributed by atoms with van der Waals surface area (Å²) in [6.07, 6.45) is 0. The lowest BCUT2D eigenvalue weighted by molar-refractivity contribution is 0.590. The van der Waals surface area contributed by atoms with E-state index in [1.807, 2.05) is 22.7 Å². The average Bonchev–Trinajstić information content (AvgIpc) is 3.20. The second kappa shape index (κ2) is 18.1. The third-order valence-electron chi connectivity index (χ3n) is 16.5. The first-order valence-corrected chi connectivity index (χ1v) is 29.4. The lowest BCUT2D eigenvalue weighted by Crippen LogP contribution is -2.60. The molecule has 0 spiro atoms. The SMILES string of the molecule is CC(C)(C)c1ccc(N(c2ccc(C(C)(C)C)cc2)c2ccc3c(c2)N(c2cccc4c2sc2ccccc24)c2cc(-c4ccccc4)cc4c2B3c2sc3ccc(C(C)(C)C)cc3c2N4c2ccc(C(C)(C)C)cc2)cc1. The lowest BCUT2D eigenvalue weighted by atomic mass is 9.36. The molecule has 0 N–H and O–H groups in total. The van der Waals surface area contributed by atoms with Gasteiger partial charge in [-0.2, -0.15) is 0 Å². The first-order valence-electron chi connectivity index (χ1n) is 27.8. The molecule has 0 fully saturated rings. The normalized spacial score (nSPS) is 13.6. The molecular formula is C72H68BN3S2. The summed E-state index contributed by atoms with van der Waals surface area (Å²) in [5.41, 5.74) is 20.9. The van der Waals surface area contributed by atoms with Gasteiger partial charge in [-0.05, 0) is 151 Å². The highest BCUT2D eigenvalue weighted by atomic mass is 32.1. The van der Waals surface area contributed by atoms with Crippen molar-refractivity contribution in [3.8, 4) is 11.1 Å². The summed E-state index contributed by atoms with van der Waals surface area (Å²) in [4.78, 5) is 7.76. The highest BCUT2D eigenvalue weighted by Gasteiger charge is 2.46. The van der Waals surface area contributed by atoms with Crippen LogP contribution in [0.5, 0.6) is 0 Å². The monoisotopic (exact) mass is 1050 g/mol. The van der Waals surface area contributed by atoms with Gasteiger partial charge in [0.2, 0.25) is 0 Å². The maximum atomic E-state index is 2.65. The van der Waals surface area contributed by atoms with Crippen molar-refractivity contribution in [2.45, 2.75) is 105 Å². The standard InChI is InChI=1S/C72H68BN3S2/c1-69(2,3)47-25-32-51(33-26-47)74(52-34-27-48(28-35-52)70(4,5)6)54-38-39-58-60(44-54)76(59-23-18-22-56-55-21-16-17-24-63(55)77-67(56)59)62-42-46(45-19-14-13-15-20-45)41-61-65(62)73(58)68-66(57-43-50(72(10,11)12)31-40-64(57)78-68)75(61)53-36-29-49(30-37-53)71(7,8)9/h13-44H,1-12H3. The van der Waals surface area contributed by atoms with Crippen molar-refractivity contribution in [2.24, 2.45) is 0 Å². The molecule has 2 aliphatic heterocycles. The summed E-state index contributed by atoms with van der Waals surface area (Å²) in [6, 6.07) is 74.6. The maximum Gasteiger partial charge on any atom is 0.264 e. The van der Waals surface area contributed by atoms with E-state index in [4.69, 9.17) is 0 Å². The van der Waals surface area contributed by atoms with Crippen LogP contribution in [0.15, 0.2) is 194 Å². The van der Waals surface area contributed by atoms with Crippen molar-refractivity contribution in [3.63, 3.8) is 0 Å². The number of anilines is 9. The summed E-state index contributed by atoms with van der Waals surface area (Å²) in [5.74, 6) is 0. The minimum absolute atomic E-state index is 0.0117. The topological polar surface area (TPSA) is 9.72 Å². The fourth-order valence-corrected chi connectivity index (χ4v) is 14.6. The average molecular weight is 1050 g/mol. The molecule has 0 aliphatic carbocycles. The van der Waals surface area contributed by atoms with Crippen molar-refractivity contribution in [3.05, 3.63) is 216 Å². The van der Waals surface area contributed by atoms with E-state index in [2.05, 4.69) is 292 Å². The third-order valence-corrected chi connectivity index (χ3v) is 18.9. The van der Waals surface area contributed by atoms with Crippen LogP contribution in [0.4, 0.5) is 51.2 Å². The summed E-state index contributed by atoms with van der Waals surface area (Å²) < 4.78 is 5.25. The van der Waals surface area contributed by atoms with Crippen molar-refractivity contribution < 1.29 is 0 Å². The zero-order chi connectivity index (χ0) is 54.2. The number of thiophene rings is 2. The van der Waals surface area contributed by atoms with E-state index in [0.29, 0.717) is 0 Å². The van der Waals surface area contributed by atoms with E-state index in [1.165, 1.54) is 113 Å². The summed E-state index contributed by atoms with van der Waals surface area (Å²) in [5, 5.41) is 3.88. The lowest BCUT2D eigenvalue weighted by Gasteiger charge is -2.44. The Balaban J connectivity index is 1.15. The van der Waals surface area contributed by atoms with Gasteiger partial charge in [-0.1, -0.05) is 192 Å². The van der Waals surface area contributed by atoms with Crippen LogP contribution in [0.25, 0.3) is 41.4 Å². The molecule has 0 saturated heterocycles. The number of nitrogens with zero attached hydrogens (tertiary/aromatic N) is 3. The van der Waals surface area contributed by atoms with E-state index in [9.17, 15) is 0 Å². The van der Waals surface area contributed by atoms with Gasteiger partial charge in [-0.3, -0.25) is 0 Å². The highest BCUT2D eigenvalue weighted by Crippen LogP contribution is 2.53. The summed E-state index contributed by atoms with van der Waals surface area (Å²) >= 11 is 3.87. The van der Waals surface area contributed by atoms with Gasteiger partial charge in [0.05, 0.1) is 16.1 Å². The Morgan fingerprint density at radius 3 is 1.51 bits per heavy atom. The van der Waals surface area contributed by atoms with Crippen molar-refractivity contribution >= 4 is 127 Å². The molecule has 78 heavy (non-hydrogen) atoms. The van der Waals surface area contributed by atoms with E-state index in [0.717, 1.165) is 17.1 Å². The third kappa shape index (κ3) is 8.37. The van der Waals surface area contributed by atoms with E-state index in [1.54, 1.807) is 0 Å². The van der Waals surface area contributed by atoms with Gasteiger partial charge >= 0.3 is 0 Å². The zero-order valence-corrected chi connectivity index (χ0v) is 48.8. The smallest absolute Gasteiger partial charge is 0.264 e. The van der Waals surface area contributed by atoms with E-state index < -0.39 is 0 Å². The van der Waals surface area contributed by atoms with Gasteiger partial charge in [0.1, 0.15) is 0 Å². The van der Waals surface area contributed by atoms with Crippen LogP contribution in [-0.4, -0.2) is 6.71 Å². The Morgan fingerprint density at radius 2 is 0.897 bits per heavy atom. The molecule has 2 aromatic heterocycles. The molecule has 11 aromatic rings. The maximum absolute atomic E-state index is 2.65. The molecular weight excluding hydrogens is 982 g/mol. The molecule has 0 saturated carbocycles. The molecule has 9 aromatic carbocycles. The second-order valence-corrected chi connectivity index (χ2v) is 28.0. The zero-order valence-electron chi connectivity index (χ0n) is 47.2. The fourth-order valence-electron chi connectivity index (χ4n) is 12.1. The molecule has 0 amide bonds. The van der Waals surface area contributed by atoms with Gasteiger partial charge < -0.3 is 14.7 Å². The van der Waals surface area contributed by atoms with Gasteiger partial charge in [-0.25, -0.2) is 0 Å². The van der Waals surface area contributed by atoms with Crippen LogP contribution in [0, 0.1) is 0 Å². The van der Waals surface area contributed by atoms with Crippen LogP contribution < -0.4 is 30.4 Å². The first-order chi connectivity index (χ1) is 37.2. The quantitative estimate of drug-likeness (QED) is 0.154. The number of fused-ring (bicyclic) bond motifs is 9. The van der Waals surface area contributed by atoms with E-state index >= 15 is 0 Å². The van der Waals surface area contributed by atoms with Crippen molar-refractivity contribution in [2.75, 3.05) is 14.7 Å². The Bertz CT molecular complexity index is 4060. The molecule has 4 heterocycles. The molecule has 13 rings (SSSR count). The van der Waals surface area contributed by atoms with E-state index in [-0.39, 0.29) is 28.4 Å². The minimum Gasteiger partial charge on any atom is -0.310 e. The second-order valence-electron chi connectivity index (χ2n) is 25.9. The van der Waals surface area contributed by atoms with Gasteiger partial charge in [-0.15, -0.1) is 22.7 Å². The predicted octanol–water partition coefficient (Wildman–Crippen LogP) is 19.7. The molecule has 3 nitrogen and oxygen atoms in total. The van der Waals surface area contributed by atoms with Crippen LogP contribution in [-0.2, 0) is 21.7 Å². The number of benzene rings is 9. The molecule has 0 atom stereocenters. The molecule has 2 aliphatic rings. The van der Waals surface area contributed by atoms with Crippen molar-refractivity contribution in [1.82, 2.24) is 0 Å². The van der Waals surface area contributed by atoms with Crippen LogP contribution in [0.2, 0.25) is 0 Å². The van der Waals surface area contributed by atoms with Gasteiger partial charge in [0.25, 0.3) is 6.71 Å². The number of hydrogen-bond acceptors (Lipinski definition) is 5. The predicted molar refractivity (Wildman–Crippen MR) is 344 cm³/mol. The fraction of sp³-hybridized carbons (Fsp3) is 0.222. The molecule has 386 valence electrons. The van der Waals surface area contributed by atoms with Gasteiger partial charge in [0.15, 0.2) is 0 Å². The largest absolute Gasteiger partial charge is 0.310 e. The molecule has 0 radical (unpaired) electrons. The Hall–Kier alpha value is -7.38. The van der Waals surface area contributed by atoms with Crippen molar-refractivity contribution in [1.29, 1.82) is 0 Å². The highest BCUT2D eigenvalue weighted by molar-refractivity contribution is 7.33. The van der Waals surface area contributed by atoms with Gasteiger partial charge in [0, 0.05) is 70.1 Å².